The van der Waals surface area contributed by atoms with Gasteiger partial charge in [0.05, 0.1) is 0 Å². The van der Waals surface area contributed by atoms with Gasteiger partial charge in [-0.15, -0.1) is 0 Å². The molecule has 0 aliphatic heterocycles. The minimum atomic E-state index is -1.15. The number of carboxylic acids is 1. The molecule has 0 aliphatic carbocycles. The van der Waals surface area contributed by atoms with Crippen LogP contribution in [0.5, 0.6) is 0 Å². The van der Waals surface area contributed by atoms with Crippen LogP contribution < -0.4 is 5.32 Å². The van der Waals surface area contributed by atoms with Gasteiger partial charge in [0.1, 0.15) is 12.6 Å². The Bertz CT molecular complexity index is 584. The topological polar surface area (TPSA) is 95.9 Å². The van der Waals surface area contributed by atoms with Crippen LogP contribution in [0.15, 0.2) is 42.5 Å². The van der Waals surface area contributed by atoms with Crippen molar-refractivity contribution in [3.05, 3.63) is 48.0 Å². The Morgan fingerprint density at radius 3 is 2.50 bits per heavy atom. The molecular formula is C17H22N2O5. The Kier molecular flexibility index (Phi) is 8.04. The third kappa shape index (κ3) is 7.44. The van der Waals surface area contributed by atoms with Crippen LogP contribution in [0.2, 0.25) is 0 Å². The first-order chi connectivity index (χ1) is 11.4. The molecule has 0 aromatic heterocycles. The normalized spacial score (nSPS) is 11.8. The van der Waals surface area contributed by atoms with Gasteiger partial charge in [0.25, 0.3) is 0 Å². The smallest absolute Gasteiger partial charge is 0.408 e. The number of nitrogens with zero attached hydrogens (tertiary/aromatic N) is 1. The molecule has 0 unspecified atom stereocenters. The molecule has 0 radical (unpaired) electrons. The van der Waals surface area contributed by atoms with Crippen molar-refractivity contribution in [2.24, 2.45) is 0 Å². The fraction of sp³-hybridized carbons (Fsp3) is 0.353. The van der Waals surface area contributed by atoms with Crippen molar-refractivity contribution in [3.8, 4) is 0 Å². The van der Waals surface area contributed by atoms with E-state index in [1.165, 1.54) is 11.0 Å². The highest BCUT2D eigenvalue weighted by atomic mass is 16.5. The Labute approximate surface area is 140 Å². The molecule has 0 saturated carbocycles. The average Bonchev–Trinajstić information content (AvgIpc) is 2.56. The largest absolute Gasteiger partial charge is 0.480 e. The summed E-state index contributed by atoms with van der Waals surface area (Å²) in [6.07, 6.45) is 2.66. The van der Waals surface area contributed by atoms with Crippen LogP contribution in [-0.2, 0) is 20.9 Å². The van der Waals surface area contributed by atoms with Gasteiger partial charge >= 0.3 is 12.1 Å². The van der Waals surface area contributed by atoms with E-state index >= 15 is 0 Å². The van der Waals surface area contributed by atoms with E-state index in [-0.39, 0.29) is 18.9 Å². The van der Waals surface area contributed by atoms with Gasteiger partial charge < -0.3 is 20.1 Å². The fourth-order valence-electron chi connectivity index (χ4n) is 1.76. The van der Waals surface area contributed by atoms with Crippen LogP contribution in [-0.4, -0.2) is 48.1 Å². The molecule has 130 valence electrons. The predicted octanol–water partition coefficient (Wildman–Crippen LogP) is 1.79. The summed E-state index contributed by atoms with van der Waals surface area (Å²) in [5.74, 6) is -1.34. The number of allylic oxidation sites excluding steroid dienone is 1. The van der Waals surface area contributed by atoms with E-state index in [9.17, 15) is 14.4 Å². The number of rotatable bonds is 8. The molecule has 0 saturated heterocycles. The maximum atomic E-state index is 11.7. The molecule has 7 heteroatoms. The zero-order valence-electron chi connectivity index (χ0n) is 13.8. The van der Waals surface area contributed by atoms with Crippen molar-refractivity contribution < 1.29 is 24.2 Å². The van der Waals surface area contributed by atoms with Gasteiger partial charge in [-0.1, -0.05) is 36.4 Å². The monoisotopic (exact) mass is 334 g/mol. The quantitative estimate of drug-likeness (QED) is 0.707. The highest BCUT2D eigenvalue weighted by molar-refractivity contribution is 5.87. The lowest BCUT2D eigenvalue weighted by molar-refractivity contribution is -0.139. The Morgan fingerprint density at radius 2 is 1.92 bits per heavy atom. The summed E-state index contributed by atoms with van der Waals surface area (Å²) in [6.45, 7) is 0.0657. The van der Waals surface area contributed by atoms with Crippen molar-refractivity contribution in [1.82, 2.24) is 10.2 Å². The van der Waals surface area contributed by atoms with Crippen LogP contribution >= 0.6 is 0 Å². The summed E-state index contributed by atoms with van der Waals surface area (Å²) in [7, 11) is 3.24. The number of hydrogen-bond acceptors (Lipinski definition) is 4. The number of carbonyl (C=O) groups excluding carboxylic acids is 2. The third-order valence-electron chi connectivity index (χ3n) is 3.13. The van der Waals surface area contributed by atoms with Crippen LogP contribution in [0.4, 0.5) is 4.79 Å². The van der Waals surface area contributed by atoms with Crippen molar-refractivity contribution in [3.63, 3.8) is 0 Å². The first kappa shape index (κ1) is 19.2. The number of aliphatic carboxylic acids is 1. The van der Waals surface area contributed by atoms with E-state index in [4.69, 9.17) is 9.84 Å². The van der Waals surface area contributed by atoms with Crippen LogP contribution in [0.3, 0.4) is 0 Å². The number of carboxylic acid groups (broad SMARTS) is 1. The van der Waals surface area contributed by atoms with Gasteiger partial charge in [0, 0.05) is 14.1 Å². The number of carbonyl (C=O) groups is 3. The average molecular weight is 334 g/mol. The van der Waals surface area contributed by atoms with E-state index in [1.54, 1.807) is 32.3 Å². The number of amides is 2. The van der Waals surface area contributed by atoms with Gasteiger partial charge in [0.15, 0.2) is 0 Å². The minimum Gasteiger partial charge on any atom is -0.480 e. The highest BCUT2D eigenvalue weighted by Gasteiger charge is 2.19. The van der Waals surface area contributed by atoms with E-state index in [0.29, 0.717) is 6.42 Å². The highest BCUT2D eigenvalue weighted by Crippen LogP contribution is 2.03. The molecule has 2 amide bonds. The van der Waals surface area contributed by atoms with E-state index in [1.807, 2.05) is 18.2 Å². The summed E-state index contributed by atoms with van der Waals surface area (Å²) >= 11 is 0. The van der Waals surface area contributed by atoms with Crippen molar-refractivity contribution >= 4 is 18.0 Å². The summed E-state index contributed by atoms with van der Waals surface area (Å²) in [5.41, 5.74) is 0.810. The fourth-order valence-corrected chi connectivity index (χ4v) is 1.76. The third-order valence-corrected chi connectivity index (χ3v) is 3.13. The maximum absolute atomic E-state index is 11.7. The Balaban J connectivity index is 2.40. The molecule has 1 aromatic rings. The van der Waals surface area contributed by atoms with Gasteiger partial charge in [-0.3, -0.25) is 4.79 Å². The lowest BCUT2D eigenvalue weighted by atomic mass is 10.1. The molecule has 7 nitrogen and oxygen atoms in total. The molecule has 0 aliphatic rings. The zero-order valence-corrected chi connectivity index (χ0v) is 13.8. The predicted molar refractivity (Wildman–Crippen MR) is 88.3 cm³/mol. The SMILES string of the molecule is CN(C)C(=O)/C=C/CC[C@H](NC(=O)OCc1ccccc1)C(=O)O. The molecule has 1 rings (SSSR count). The lowest BCUT2D eigenvalue weighted by Gasteiger charge is -2.13. The Hall–Kier alpha value is -2.83. The van der Waals surface area contributed by atoms with E-state index in [2.05, 4.69) is 5.32 Å². The Morgan fingerprint density at radius 1 is 1.25 bits per heavy atom. The number of likely N-dealkylation sites (N-methyl/N-ethyl adjacent to an activating group) is 1. The number of benzene rings is 1. The van der Waals surface area contributed by atoms with Crippen molar-refractivity contribution in [1.29, 1.82) is 0 Å². The van der Waals surface area contributed by atoms with E-state index in [0.717, 1.165) is 5.56 Å². The molecule has 0 bridgehead atoms. The lowest BCUT2D eigenvalue weighted by Crippen LogP contribution is -2.40. The first-order valence-corrected chi connectivity index (χ1v) is 7.48. The maximum Gasteiger partial charge on any atom is 0.408 e. The molecule has 24 heavy (non-hydrogen) atoms. The van der Waals surface area contributed by atoms with Gasteiger partial charge in [-0.2, -0.15) is 0 Å². The molecule has 1 aromatic carbocycles. The molecule has 1 atom stereocenters. The molecule has 2 N–H and O–H groups in total. The number of hydrogen-bond donors (Lipinski definition) is 2. The molecule has 0 fully saturated rings. The number of nitrogens with one attached hydrogen (secondary N) is 1. The summed E-state index contributed by atoms with van der Waals surface area (Å²) in [4.78, 5) is 35.6. The second-order valence-corrected chi connectivity index (χ2v) is 5.31. The second-order valence-electron chi connectivity index (χ2n) is 5.31. The molecular weight excluding hydrogens is 312 g/mol. The van der Waals surface area contributed by atoms with Crippen LogP contribution in [0.1, 0.15) is 18.4 Å². The molecule has 0 heterocycles. The first-order valence-electron chi connectivity index (χ1n) is 7.48. The van der Waals surface area contributed by atoms with Crippen LogP contribution in [0.25, 0.3) is 0 Å². The number of ether oxygens (including phenoxy) is 1. The van der Waals surface area contributed by atoms with Crippen molar-refractivity contribution in [2.45, 2.75) is 25.5 Å². The minimum absolute atomic E-state index is 0.0657. The molecule has 0 spiro atoms. The standard InChI is InChI=1S/C17H22N2O5/c1-19(2)15(20)11-7-6-10-14(16(21)22)18-17(23)24-12-13-8-4-3-5-9-13/h3-5,7-9,11,14H,6,10,12H2,1-2H3,(H,18,23)(H,21,22)/b11-7+/t14-/m0/s1. The van der Waals surface area contributed by atoms with Gasteiger partial charge in [-0.05, 0) is 24.5 Å². The number of alkyl carbamates (subject to hydrolysis) is 1. The van der Waals surface area contributed by atoms with Gasteiger partial charge in [0.2, 0.25) is 5.91 Å². The van der Waals surface area contributed by atoms with Gasteiger partial charge in [-0.25, -0.2) is 9.59 Å². The second kappa shape index (κ2) is 10.0. The van der Waals surface area contributed by atoms with Crippen molar-refractivity contribution in [2.75, 3.05) is 14.1 Å². The van der Waals surface area contributed by atoms with E-state index < -0.39 is 18.1 Å². The summed E-state index contributed by atoms with van der Waals surface area (Å²) < 4.78 is 4.99. The zero-order chi connectivity index (χ0) is 17.9. The van der Waals surface area contributed by atoms with Crippen LogP contribution in [0, 0.1) is 0 Å². The summed E-state index contributed by atoms with van der Waals surface area (Å²) in [5, 5.41) is 11.4. The summed E-state index contributed by atoms with van der Waals surface area (Å²) in [6, 6.07) is 8.00.